The number of carbonyl (C=O) groups is 1. The van der Waals surface area contributed by atoms with E-state index >= 15 is 0 Å². The molecule has 1 heterocycles. The number of hydrogen-bond acceptors (Lipinski definition) is 5. The Hall–Kier alpha value is -2.82. The van der Waals surface area contributed by atoms with Gasteiger partial charge in [0, 0.05) is 0 Å². The zero-order valence-electron chi connectivity index (χ0n) is 11.5. The molecule has 3 aromatic rings. The quantitative estimate of drug-likeness (QED) is 0.534. The van der Waals surface area contributed by atoms with E-state index in [0.717, 1.165) is 0 Å². The maximum atomic E-state index is 12.6. The summed E-state index contributed by atoms with van der Waals surface area (Å²) in [5.41, 5.74) is 0.986. The fourth-order valence-electron chi connectivity index (χ4n) is 2.21. The number of benzene rings is 2. The second-order valence-electron chi connectivity index (χ2n) is 4.50. The molecule has 0 saturated carbocycles. The van der Waals surface area contributed by atoms with Crippen molar-refractivity contribution in [2.75, 3.05) is 14.2 Å². The van der Waals surface area contributed by atoms with Crippen LogP contribution in [-0.2, 0) is 4.74 Å². The molecule has 21 heavy (non-hydrogen) atoms. The molecule has 1 aromatic heterocycles. The molecule has 2 aromatic carbocycles. The number of rotatable bonds is 2. The maximum absolute atomic E-state index is 12.6. The summed E-state index contributed by atoms with van der Waals surface area (Å²) < 4.78 is 15.5. The number of methoxy groups -OCH3 is 2. The molecule has 0 fully saturated rings. The second kappa shape index (κ2) is 4.94. The summed E-state index contributed by atoms with van der Waals surface area (Å²) in [6, 6.07) is 9.65. The van der Waals surface area contributed by atoms with Crippen molar-refractivity contribution in [3.63, 3.8) is 0 Å². The Bertz CT molecular complexity index is 908. The molecule has 0 unspecified atom stereocenters. The van der Waals surface area contributed by atoms with Gasteiger partial charge in [-0.1, -0.05) is 0 Å². The minimum absolute atomic E-state index is 0.212. The molecule has 5 nitrogen and oxygen atoms in total. The molecular weight excluding hydrogens is 272 g/mol. The third kappa shape index (κ3) is 2.12. The lowest BCUT2D eigenvalue weighted by Gasteiger charge is -2.05. The summed E-state index contributed by atoms with van der Waals surface area (Å²) in [4.78, 5) is 24.1. The Morgan fingerprint density at radius 3 is 2.33 bits per heavy atom. The van der Waals surface area contributed by atoms with E-state index in [4.69, 9.17) is 9.15 Å². The fraction of sp³-hybridized carbons (Fsp3) is 0.125. The normalized spacial score (nSPS) is 10.8. The molecule has 0 aliphatic heterocycles. The molecule has 0 amide bonds. The summed E-state index contributed by atoms with van der Waals surface area (Å²) >= 11 is 0. The van der Waals surface area contributed by atoms with E-state index in [9.17, 15) is 9.59 Å². The van der Waals surface area contributed by atoms with Crippen LogP contribution in [0.5, 0.6) is 5.75 Å². The van der Waals surface area contributed by atoms with E-state index < -0.39 is 5.97 Å². The summed E-state index contributed by atoms with van der Waals surface area (Å²) in [6.07, 6.45) is 0. The summed E-state index contributed by atoms with van der Waals surface area (Å²) in [5.74, 6) is 0.0697. The van der Waals surface area contributed by atoms with Crippen molar-refractivity contribution in [1.82, 2.24) is 0 Å². The highest BCUT2D eigenvalue weighted by Crippen LogP contribution is 2.23. The standard InChI is InChI=1S/C16H12O5/c1-19-10-4-6-14-12(8-10)15(17)11-7-9(16(18)20-2)3-5-13(11)21-14/h3-8H,1-2H3. The number of carbonyl (C=O) groups excluding carboxylic acids is 1. The zero-order chi connectivity index (χ0) is 15.0. The number of esters is 1. The monoisotopic (exact) mass is 284 g/mol. The highest BCUT2D eigenvalue weighted by atomic mass is 16.5. The van der Waals surface area contributed by atoms with E-state index in [2.05, 4.69) is 4.74 Å². The van der Waals surface area contributed by atoms with Gasteiger partial charge in [0.15, 0.2) is 0 Å². The third-order valence-electron chi connectivity index (χ3n) is 3.30. The number of hydrogen-bond donors (Lipinski definition) is 0. The molecule has 3 rings (SSSR count). The van der Waals surface area contributed by atoms with E-state index in [0.29, 0.717) is 33.3 Å². The third-order valence-corrected chi connectivity index (χ3v) is 3.30. The Morgan fingerprint density at radius 2 is 1.67 bits per heavy atom. The Balaban J connectivity index is 2.35. The van der Waals surface area contributed by atoms with E-state index in [1.807, 2.05) is 0 Å². The predicted molar refractivity (Wildman–Crippen MR) is 77.9 cm³/mol. The Morgan fingerprint density at radius 1 is 1.00 bits per heavy atom. The van der Waals surface area contributed by atoms with Crippen molar-refractivity contribution in [2.45, 2.75) is 0 Å². The molecule has 0 atom stereocenters. The van der Waals surface area contributed by atoms with Crippen molar-refractivity contribution in [3.05, 3.63) is 52.2 Å². The van der Waals surface area contributed by atoms with Crippen LogP contribution in [0, 0.1) is 0 Å². The molecule has 0 aliphatic rings. The molecular formula is C16H12O5. The van der Waals surface area contributed by atoms with Gasteiger partial charge in [0.05, 0.1) is 30.6 Å². The second-order valence-corrected chi connectivity index (χ2v) is 4.50. The minimum atomic E-state index is -0.498. The van der Waals surface area contributed by atoms with Crippen molar-refractivity contribution < 1.29 is 18.7 Å². The first-order chi connectivity index (χ1) is 10.1. The first kappa shape index (κ1) is 13.2. The molecule has 0 aliphatic carbocycles. The lowest BCUT2D eigenvalue weighted by atomic mass is 10.1. The maximum Gasteiger partial charge on any atom is 0.337 e. The molecule has 5 heteroatoms. The van der Waals surface area contributed by atoms with Crippen LogP contribution < -0.4 is 10.2 Å². The van der Waals surface area contributed by atoms with Crippen LogP contribution in [0.25, 0.3) is 21.9 Å². The van der Waals surface area contributed by atoms with Gasteiger partial charge in [-0.2, -0.15) is 0 Å². The van der Waals surface area contributed by atoms with Crippen LogP contribution in [0.4, 0.5) is 0 Å². The fourth-order valence-corrected chi connectivity index (χ4v) is 2.21. The lowest BCUT2D eigenvalue weighted by molar-refractivity contribution is 0.0601. The van der Waals surface area contributed by atoms with Gasteiger partial charge in [0.2, 0.25) is 5.43 Å². The topological polar surface area (TPSA) is 65.7 Å². The molecule has 0 bridgehead atoms. The van der Waals surface area contributed by atoms with Gasteiger partial charge in [-0.05, 0) is 36.4 Å². The molecule has 106 valence electrons. The van der Waals surface area contributed by atoms with Crippen molar-refractivity contribution in [3.8, 4) is 5.75 Å². The molecule has 0 saturated heterocycles. The van der Waals surface area contributed by atoms with E-state index in [1.165, 1.54) is 20.3 Å². The summed E-state index contributed by atoms with van der Waals surface area (Å²) in [6.45, 7) is 0. The van der Waals surface area contributed by atoms with E-state index in [1.54, 1.807) is 30.3 Å². The predicted octanol–water partition coefficient (Wildman–Crippen LogP) is 2.74. The first-order valence-corrected chi connectivity index (χ1v) is 6.27. The van der Waals surface area contributed by atoms with Crippen LogP contribution in [0.2, 0.25) is 0 Å². The number of ether oxygens (including phenoxy) is 2. The number of fused-ring (bicyclic) bond motifs is 2. The Labute approximate surface area is 119 Å². The lowest BCUT2D eigenvalue weighted by Crippen LogP contribution is -2.06. The van der Waals surface area contributed by atoms with Crippen molar-refractivity contribution in [1.29, 1.82) is 0 Å². The average molecular weight is 284 g/mol. The Kier molecular flexibility index (Phi) is 3.10. The van der Waals surface area contributed by atoms with Crippen LogP contribution in [0.1, 0.15) is 10.4 Å². The van der Waals surface area contributed by atoms with E-state index in [-0.39, 0.29) is 5.43 Å². The summed E-state index contributed by atoms with van der Waals surface area (Å²) in [7, 11) is 2.82. The largest absolute Gasteiger partial charge is 0.497 e. The molecule has 0 radical (unpaired) electrons. The van der Waals surface area contributed by atoms with Gasteiger partial charge < -0.3 is 13.9 Å². The van der Waals surface area contributed by atoms with Gasteiger partial charge >= 0.3 is 5.97 Å². The molecule has 0 spiro atoms. The van der Waals surface area contributed by atoms with Gasteiger partial charge in [-0.15, -0.1) is 0 Å². The zero-order valence-corrected chi connectivity index (χ0v) is 11.5. The van der Waals surface area contributed by atoms with Gasteiger partial charge in [0.25, 0.3) is 0 Å². The highest BCUT2D eigenvalue weighted by molar-refractivity contribution is 5.96. The van der Waals surface area contributed by atoms with Gasteiger partial charge in [-0.25, -0.2) is 4.79 Å². The van der Waals surface area contributed by atoms with Gasteiger partial charge in [-0.3, -0.25) is 4.79 Å². The van der Waals surface area contributed by atoms with Crippen LogP contribution in [-0.4, -0.2) is 20.2 Å². The smallest absolute Gasteiger partial charge is 0.337 e. The molecule has 0 N–H and O–H groups in total. The highest BCUT2D eigenvalue weighted by Gasteiger charge is 2.12. The van der Waals surface area contributed by atoms with Crippen LogP contribution >= 0.6 is 0 Å². The van der Waals surface area contributed by atoms with Gasteiger partial charge in [0.1, 0.15) is 16.9 Å². The van der Waals surface area contributed by atoms with Crippen LogP contribution in [0.15, 0.2) is 45.6 Å². The first-order valence-electron chi connectivity index (χ1n) is 6.27. The summed E-state index contributed by atoms with van der Waals surface area (Å²) in [5, 5.41) is 0.738. The van der Waals surface area contributed by atoms with Crippen molar-refractivity contribution in [2.24, 2.45) is 0 Å². The van der Waals surface area contributed by atoms with Crippen molar-refractivity contribution >= 4 is 27.9 Å². The van der Waals surface area contributed by atoms with Crippen LogP contribution in [0.3, 0.4) is 0 Å². The minimum Gasteiger partial charge on any atom is -0.497 e. The average Bonchev–Trinajstić information content (AvgIpc) is 2.54. The SMILES string of the molecule is COC(=O)c1ccc2oc3ccc(OC)cc3c(=O)c2c1.